The quantitative estimate of drug-likeness (QED) is 0.906. The van der Waals surface area contributed by atoms with Gasteiger partial charge in [0.15, 0.2) is 0 Å². The number of rotatable bonds is 3. The van der Waals surface area contributed by atoms with Gasteiger partial charge in [-0.3, -0.25) is 0 Å². The molecule has 3 nitrogen and oxygen atoms in total. The molecule has 18 heavy (non-hydrogen) atoms. The van der Waals surface area contributed by atoms with Gasteiger partial charge >= 0.3 is 6.36 Å². The summed E-state index contributed by atoms with van der Waals surface area (Å²) in [5, 5.41) is 7.42. The van der Waals surface area contributed by atoms with E-state index in [4.69, 9.17) is 0 Å². The number of benzene rings is 1. The van der Waals surface area contributed by atoms with Gasteiger partial charge in [-0.05, 0) is 25.0 Å². The predicted molar refractivity (Wildman–Crippen MR) is 61.6 cm³/mol. The molecule has 1 N–H and O–H groups in total. The van der Waals surface area contributed by atoms with Crippen molar-refractivity contribution in [1.82, 2.24) is 5.32 Å². The van der Waals surface area contributed by atoms with Crippen LogP contribution in [0.2, 0.25) is 0 Å². The number of hydrogen-bond donors (Lipinski definition) is 1. The molecule has 0 atom stereocenters. The van der Waals surface area contributed by atoms with Gasteiger partial charge in [0.25, 0.3) is 0 Å². The number of nitrogens with one attached hydrogen (secondary N) is 1. The Balaban J connectivity index is 1.98. The Morgan fingerprint density at radius 1 is 1.22 bits per heavy atom. The summed E-state index contributed by atoms with van der Waals surface area (Å²) in [6.45, 7) is 1.60. The number of halogens is 3. The van der Waals surface area contributed by atoms with Crippen LogP contribution in [0.3, 0.4) is 0 Å². The van der Waals surface area contributed by atoms with E-state index in [1.54, 1.807) is 6.07 Å². The van der Waals surface area contributed by atoms with E-state index >= 15 is 0 Å². The fourth-order valence-electron chi connectivity index (χ4n) is 1.91. The molecule has 1 aliphatic heterocycles. The molecule has 1 aliphatic rings. The Morgan fingerprint density at radius 2 is 1.94 bits per heavy atom. The van der Waals surface area contributed by atoms with Crippen molar-refractivity contribution in [2.24, 2.45) is 0 Å². The van der Waals surface area contributed by atoms with Gasteiger partial charge in [-0.2, -0.15) is 0 Å². The monoisotopic (exact) mass is 259 g/mol. The van der Waals surface area contributed by atoms with Crippen LogP contribution in [0, 0.1) is 0 Å². The lowest BCUT2D eigenvalue weighted by Crippen LogP contribution is -2.31. The lowest BCUT2D eigenvalue weighted by molar-refractivity contribution is -0.274. The smallest absolute Gasteiger partial charge is 0.406 e. The molecule has 0 aliphatic carbocycles. The summed E-state index contributed by atoms with van der Waals surface area (Å²) >= 11 is 0. The summed E-state index contributed by atoms with van der Waals surface area (Å²) in [4.78, 5) is 0. The first-order valence-corrected chi connectivity index (χ1v) is 5.78. The zero-order chi connectivity index (χ0) is 13.0. The van der Waals surface area contributed by atoms with E-state index in [0.29, 0.717) is 5.69 Å². The molecule has 0 aromatic heterocycles. The molecule has 1 aromatic carbocycles. The van der Waals surface area contributed by atoms with E-state index in [0.717, 1.165) is 25.9 Å². The normalized spacial score (nSPS) is 17.5. The van der Waals surface area contributed by atoms with Crippen molar-refractivity contribution in [2.75, 3.05) is 18.4 Å². The van der Waals surface area contributed by atoms with Gasteiger partial charge in [-0.25, -0.2) is 5.32 Å². The van der Waals surface area contributed by atoms with E-state index in [-0.39, 0.29) is 11.8 Å². The van der Waals surface area contributed by atoms with Crippen LogP contribution in [0.25, 0.3) is 0 Å². The maximum Gasteiger partial charge on any atom is 0.573 e. The average Bonchev–Trinajstić information content (AvgIpc) is 2.28. The molecular weight excluding hydrogens is 245 g/mol. The van der Waals surface area contributed by atoms with Gasteiger partial charge in [0, 0.05) is 30.9 Å². The maximum absolute atomic E-state index is 12.1. The fourth-order valence-corrected chi connectivity index (χ4v) is 1.91. The van der Waals surface area contributed by atoms with Crippen LogP contribution in [-0.4, -0.2) is 25.5 Å². The standard InChI is InChI=1S/C12H14F3N2O/c13-12(14,15)18-11-3-1-2-10(8-11)17-9-4-6-16-7-5-9/h1-3,8-9,17H,4-7H2. The van der Waals surface area contributed by atoms with Gasteiger partial charge in [-0.15, -0.1) is 13.2 Å². The number of alkyl halides is 3. The van der Waals surface area contributed by atoms with Crippen LogP contribution >= 0.6 is 0 Å². The second kappa shape index (κ2) is 5.48. The molecule has 1 saturated heterocycles. The van der Waals surface area contributed by atoms with Crippen molar-refractivity contribution in [1.29, 1.82) is 0 Å². The molecule has 0 unspecified atom stereocenters. The van der Waals surface area contributed by atoms with E-state index in [2.05, 4.69) is 15.4 Å². The Bertz CT molecular complexity index is 389. The highest BCUT2D eigenvalue weighted by Gasteiger charge is 2.31. The molecule has 1 heterocycles. The number of hydrogen-bond acceptors (Lipinski definition) is 2. The third-order valence-electron chi connectivity index (χ3n) is 2.71. The van der Waals surface area contributed by atoms with Gasteiger partial charge < -0.3 is 10.1 Å². The third-order valence-corrected chi connectivity index (χ3v) is 2.71. The molecule has 6 heteroatoms. The van der Waals surface area contributed by atoms with Crippen molar-refractivity contribution in [3.63, 3.8) is 0 Å². The maximum atomic E-state index is 12.1. The minimum Gasteiger partial charge on any atom is -0.406 e. The highest BCUT2D eigenvalue weighted by Crippen LogP contribution is 2.25. The molecule has 0 saturated carbocycles. The minimum absolute atomic E-state index is 0.201. The van der Waals surface area contributed by atoms with Crippen LogP contribution in [0.15, 0.2) is 24.3 Å². The van der Waals surface area contributed by atoms with Gasteiger partial charge in [-0.1, -0.05) is 6.07 Å². The Labute approximate surface area is 103 Å². The topological polar surface area (TPSA) is 35.4 Å². The van der Waals surface area contributed by atoms with Gasteiger partial charge in [0.2, 0.25) is 0 Å². The SMILES string of the molecule is FC(F)(F)Oc1cccc(NC2CC[N]CC2)c1. The third kappa shape index (κ3) is 4.10. The molecule has 1 fully saturated rings. The molecule has 1 radical (unpaired) electrons. The van der Waals surface area contributed by atoms with Crippen LogP contribution in [0.4, 0.5) is 18.9 Å². The van der Waals surface area contributed by atoms with Crippen molar-refractivity contribution in [2.45, 2.75) is 25.2 Å². The van der Waals surface area contributed by atoms with Gasteiger partial charge in [0.05, 0.1) is 0 Å². The molecule has 1 aromatic rings. The average molecular weight is 259 g/mol. The summed E-state index contributed by atoms with van der Waals surface area (Å²) in [6, 6.07) is 6.18. The summed E-state index contributed by atoms with van der Waals surface area (Å²) in [5.41, 5.74) is 0.642. The first-order valence-electron chi connectivity index (χ1n) is 5.78. The highest BCUT2D eigenvalue weighted by atomic mass is 19.4. The van der Waals surface area contributed by atoms with Crippen LogP contribution in [-0.2, 0) is 0 Å². The van der Waals surface area contributed by atoms with Crippen LogP contribution < -0.4 is 15.4 Å². The van der Waals surface area contributed by atoms with E-state index < -0.39 is 6.36 Å². The molecule has 0 spiro atoms. The summed E-state index contributed by atoms with van der Waals surface area (Å²) in [7, 11) is 0. The summed E-state index contributed by atoms with van der Waals surface area (Å²) in [5.74, 6) is -0.201. The molecule has 0 amide bonds. The number of nitrogens with zero attached hydrogens (tertiary/aromatic N) is 1. The Hall–Kier alpha value is -1.43. The van der Waals surface area contributed by atoms with Crippen LogP contribution in [0.5, 0.6) is 5.75 Å². The molecule has 0 bridgehead atoms. The number of piperidine rings is 1. The number of ether oxygens (including phenoxy) is 1. The highest BCUT2D eigenvalue weighted by molar-refractivity contribution is 5.49. The van der Waals surface area contributed by atoms with E-state index in [1.165, 1.54) is 18.2 Å². The van der Waals surface area contributed by atoms with Crippen LogP contribution in [0.1, 0.15) is 12.8 Å². The van der Waals surface area contributed by atoms with Gasteiger partial charge in [0.1, 0.15) is 5.75 Å². The molecule has 2 rings (SSSR count). The first-order chi connectivity index (χ1) is 8.53. The lowest BCUT2D eigenvalue weighted by Gasteiger charge is -2.24. The molecule has 99 valence electrons. The molecular formula is C12H14F3N2O. The second-order valence-corrected chi connectivity index (χ2v) is 4.17. The fraction of sp³-hybridized carbons (Fsp3) is 0.500. The van der Waals surface area contributed by atoms with Crippen molar-refractivity contribution < 1.29 is 17.9 Å². The first kappa shape index (κ1) is 13.0. The zero-order valence-corrected chi connectivity index (χ0v) is 9.70. The van der Waals surface area contributed by atoms with Crippen molar-refractivity contribution in [3.05, 3.63) is 24.3 Å². The van der Waals surface area contributed by atoms with E-state index in [1.807, 2.05) is 0 Å². The summed E-state index contributed by atoms with van der Waals surface area (Å²) < 4.78 is 40.1. The Kier molecular flexibility index (Phi) is 3.96. The summed E-state index contributed by atoms with van der Waals surface area (Å²) in [6.07, 6.45) is -2.84. The minimum atomic E-state index is -4.65. The van der Waals surface area contributed by atoms with Crippen molar-refractivity contribution in [3.8, 4) is 5.75 Å². The van der Waals surface area contributed by atoms with E-state index in [9.17, 15) is 13.2 Å². The second-order valence-electron chi connectivity index (χ2n) is 4.17. The Morgan fingerprint density at radius 3 is 2.61 bits per heavy atom. The predicted octanol–water partition coefficient (Wildman–Crippen LogP) is 2.76. The lowest BCUT2D eigenvalue weighted by atomic mass is 10.1. The van der Waals surface area contributed by atoms with Crippen molar-refractivity contribution >= 4 is 5.69 Å². The zero-order valence-electron chi connectivity index (χ0n) is 9.70. The largest absolute Gasteiger partial charge is 0.573 e. The number of anilines is 1.